The van der Waals surface area contributed by atoms with Crippen LogP contribution in [0, 0.1) is 0 Å². The third kappa shape index (κ3) is 3.16. The lowest BCUT2D eigenvalue weighted by Gasteiger charge is -2.17. The maximum absolute atomic E-state index is 10.3. The fourth-order valence-electron chi connectivity index (χ4n) is 3.33. The summed E-state index contributed by atoms with van der Waals surface area (Å²) in [5.74, 6) is 0.528. The number of nitrogen functional groups attached to an aromatic ring is 1. The maximum atomic E-state index is 10.3. The topological polar surface area (TPSA) is 152 Å². The minimum absolute atomic E-state index is 0.0576. The van der Waals surface area contributed by atoms with Crippen molar-refractivity contribution in [2.45, 2.75) is 37.5 Å². The SMILES string of the molecule is CC(Nc1ncnc2c1ncn2[C@@H]1O[C@H](CO)C(O)C1O)c1ccc(N)cc1. The van der Waals surface area contributed by atoms with Crippen molar-refractivity contribution in [2.75, 3.05) is 17.7 Å². The van der Waals surface area contributed by atoms with E-state index in [1.165, 1.54) is 17.2 Å². The van der Waals surface area contributed by atoms with Crippen LogP contribution >= 0.6 is 0 Å². The summed E-state index contributed by atoms with van der Waals surface area (Å²) < 4.78 is 7.10. The van der Waals surface area contributed by atoms with Gasteiger partial charge < -0.3 is 31.1 Å². The number of benzene rings is 1. The first-order valence-electron chi connectivity index (χ1n) is 8.91. The van der Waals surface area contributed by atoms with Crippen molar-refractivity contribution in [3.8, 4) is 0 Å². The summed E-state index contributed by atoms with van der Waals surface area (Å²) in [6, 6.07) is 7.48. The van der Waals surface area contributed by atoms with Crippen LogP contribution in [0.4, 0.5) is 11.5 Å². The number of imidazole rings is 1. The monoisotopic (exact) mass is 386 g/mol. The summed E-state index contributed by atoms with van der Waals surface area (Å²) in [5.41, 5.74) is 8.41. The molecule has 3 unspecified atom stereocenters. The van der Waals surface area contributed by atoms with Gasteiger partial charge in [-0.25, -0.2) is 15.0 Å². The van der Waals surface area contributed by atoms with E-state index in [0.717, 1.165) is 5.56 Å². The third-order valence-corrected chi connectivity index (χ3v) is 4.94. The molecule has 0 radical (unpaired) electrons. The normalized spacial score (nSPS) is 25.9. The molecule has 0 spiro atoms. The lowest BCUT2D eigenvalue weighted by molar-refractivity contribution is -0.0511. The standard InChI is InChI=1S/C18H22N6O4/c1-9(10-2-4-11(19)5-3-10)23-16-13-17(21-7-20-16)24(8-22-13)18-15(27)14(26)12(6-25)28-18/h2-5,7-9,12,14-15,18,25-27H,6,19H2,1H3,(H,20,21,23)/t9?,12-,14?,15?,18-/m1/s1. The van der Waals surface area contributed by atoms with Gasteiger partial charge in [-0.2, -0.15) is 0 Å². The van der Waals surface area contributed by atoms with E-state index in [9.17, 15) is 15.3 Å². The highest BCUT2D eigenvalue weighted by molar-refractivity contribution is 5.83. The molecule has 148 valence electrons. The Bertz CT molecular complexity index is 962. The number of ether oxygens (including phenoxy) is 1. The van der Waals surface area contributed by atoms with E-state index in [0.29, 0.717) is 22.7 Å². The van der Waals surface area contributed by atoms with E-state index >= 15 is 0 Å². The van der Waals surface area contributed by atoms with Gasteiger partial charge in [0.25, 0.3) is 0 Å². The number of aliphatic hydroxyl groups is 3. The minimum Gasteiger partial charge on any atom is -0.399 e. The van der Waals surface area contributed by atoms with Crippen LogP contribution in [0.25, 0.3) is 11.2 Å². The zero-order chi connectivity index (χ0) is 19.8. The van der Waals surface area contributed by atoms with Crippen LogP contribution in [-0.2, 0) is 4.74 Å². The number of nitrogens with one attached hydrogen (secondary N) is 1. The molecule has 0 bridgehead atoms. The number of aliphatic hydroxyl groups excluding tert-OH is 3. The summed E-state index contributed by atoms with van der Waals surface area (Å²) >= 11 is 0. The third-order valence-electron chi connectivity index (χ3n) is 4.94. The van der Waals surface area contributed by atoms with Gasteiger partial charge in [0.2, 0.25) is 0 Å². The predicted molar refractivity (Wildman–Crippen MR) is 101 cm³/mol. The van der Waals surface area contributed by atoms with E-state index in [-0.39, 0.29) is 6.04 Å². The Morgan fingerprint density at radius 1 is 1.18 bits per heavy atom. The van der Waals surface area contributed by atoms with Gasteiger partial charge in [-0.05, 0) is 24.6 Å². The minimum atomic E-state index is -1.21. The molecule has 0 amide bonds. The van der Waals surface area contributed by atoms with Crippen LogP contribution in [0.2, 0.25) is 0 Å². The van der Waals surface area contributed by atoms with E-state index in [1.807, 2.05) is 31.2 Å². The Hall–Kier alpha value is -2.79. The summed E-state index contributed by atoms with van der Waals surface area (Å²) in [7, 11) is 0. The van der Waals surface area contributed by atoms with Crippen molar-refractivity contribution in [3.63, 3.8) is 0 Å². The van der Waals surface area contributed by atoms with Gasteiger partial charge in [0.15, 0.2) is 23.2 Å². The Balaban J connectivity index is 1.63. The van der Waals surface area contributed by atoms with Crippen LogP contribution in [0.3, 0.4) is 0 Å². The van der Waals surface area contributed by atoms with Gasteiger partial charge in [-0.15, -0.1) is 0 Å². The van der Waals surface area contributed by atoms with Crippen molar-refractivity contribution in [1.82, 2.24) is 19.5 Å². The highest BCUT2D eigenvalue weighted by Gasteiger charge is 2.44. The van der Waals surface area contributed by atoms with Crippen LogP contribution in [0.5, 0.6) is 0 Å². The quantitative estimate of drug-likeness (QED) is 0.387. The van der Waals surface area contributed by atoms with E-state index in [1.54, 1.807) is 0 Å². The number of anilines is 2. The molecule has 6 N–H and O–H groups in total. The fourth-order valence-corrected chi connectivity index (χ4v) is 3.33. The summed E-state index contributed by atoms with van der Waals surface area (Å²) in [5, 5.41) is 32.9. The van der Waals surface area contributed by atoms with Gasteiger partial charge in [0.05, 0.1) is 19.0 Å². The van der Waals surface area contributed by atoms with Crippen LogP contribution in [0.15, 0.2) is 36.9 Å². The second-order valence-electron chi connectivity index (χ2n) is 6.81. The second-order valence-corrected chi connectivity index (χ2v) is 6.81. The molecule has 0 saturated carbocycles. The first kappa shape index (κ1) is 18.6. The van der Waals surface area contributed by atoms with Gasteiger partial charge in [-0.3, -0.25) is 4.57 Å². The molecule has 10 nitrogen and oxygen atoms in total. The van der Waals surface area contributed by atoms with Gasteiger partial charge >= 0.3 is 0 Å². The number of rotatable bonds is 5. The Morgan fingerprint density at radius 2 is 1.93 bits per heavy atom. The van der Waals surface area contributed by atoms with Gasteiger partial charge in [0.1, 0.15) is 24.6 Å². The molecule has 4 rings (SSSR count). The molecule has 3 heterocycles. The lowest BCUT2D eigenvalue weighted by Crippen LogP contribution is -2.33. The van der Waals surface area contributed by atoms with Crippen LogP contribution in [0.1, 0.15) is 24.8 Å². The Kier molecular flexibility index (Phi) is 4.85. The molecule has 1 saturated heterocycles. The number of aromatic nitrogens is 4. The Morgan fingerprint density at radius 3 is 2.61 bits per heavy atom. The second kappa shape index (κ2) is 7.32. The molecule has 5 atom stereocenters. The van der Waals surface area contributed by atoms with E-state index in [4.69, 9.17) is 10.5 Å². The summed E-state index contributed by atoms with van der Waals surface area (Å²) in [6.45, 7) is 1.59. The zero-order valence-corrected chi connectivity index (χ0v) is 15.2. The molecule has 28 heavy (non-hydrogen) atoms. The molecule has 0 aliphatic carbocycles. The molecule has 1 aromatic carbocycles. The summed E-state index contributed by atoms with van der Waals surface area (Å²) in [4.78, 5) is 12.9. The highest BCUT2D eigenvalue weighted by atomic mass is 16.6. The summed E-state index contributed by atoms with van der Waals surface area (Å²) in [6.07, 6.45) is -1.33. The molecule has 1 aliphatic rings. The number of nitrogens with two attached hydrogens (primary N) is 1. The highest BCUT2D eigenvalue weighted by Crippen LogP contribution is 2.32. The number of nitrogens with zero attached hydrogens (tertiary/aromatic N) is 4. The zero-order valence-electron chi connectivity index (χ0n) is 15.2. The lowest BCUT2D eigenvalue weighted by atomic mass is 10.1. The van der Waals surface area contributed by atoms with Crippen LogP contribution in [-0.4, -0.2) is 59.8 Å². The number of hydrogen-bond donors (Lipinski definition) is 5. The van der Waals surface area contributed by atoms with E-state index < -0.39 is 31.1 Å². The smallest absolute Gasteiger partial charge is 0.167 e. The average Bonchev–Trinajstić information content (AvgIpc) is 3.24. The molecule has 1 fully saturated rings. The number of hydrogen-bond acceptors (Lipinski definition) is 9. The molecule has 2 aromatic heterocycles. The molecule has 3 aromatic rings. The number of fused-ring (bicyclic) bond motifs is 1. The molecular weight excluding hydrogens is 364 g/mol. The van der Waals surface area contributed by atoms with E-state index in [2.05, 4.69) is 20.3 Å². The largest absolute Gasteiger partial charge is 0.399 e. The molecular formula is C18H22N6O4. The van der Waals surface area contributed by atoms with Crippen molar-refractivity contribution < 1.29 is 20.1 Å². The van der Waals surface area contributed by atoms with Crippen molar-refractivity contribution in [2.24, 2.45) is 0 Å². The fraction of sp³-hybridized carbons (Fsp3) is 0.389. The van der Waals surface area contributed by atoms with Crippen molar-refractivity contribution in [1.29, 1.82) is 0 Å². The maximum Gasteiger partial charge on any atom is 0.167 e. The first-order chi connectivity index (χ1) is 13.5. The average molecular weight is 386 g/mol. The molecule has 1 aliphatic heterocycles. The molecule has 10 heteroatoms. The van der Waals surface area contributed by atoms with Gasteiger partial charge in [0, 0.05) is 5.69 Å². The van der Waals surface area contributed by atoms with Crippen molar-refractivity contribution >= 4 is 22.7 Å². The van der Waals surface area contributed by atoms with Crippen molar-refractivity contribution in [3.05, 3.63) is 42.5 Å². The Labute approximate surface area is 160 Å². The first-order valence-corrected chi connectivity index (χ1v) is 8.91. The van der Waals surface area contributed by atoms with Crippen LogP contribution < -0.4 is 11.1 Å². The predicted octanol–water partition coefficient (Wildman–Crippen LogP) is 0.193. The van der Waals surface area contributed by atoms with Gasteiger partial charge in [-0.1, -0.05) is 12.1 Å².